The van der Waals surface area contributed by atoms with Gasteiger partial charge in [0, 0.05) is 6.04 Å². The lowest BCUT2D eigenvalue weighted by Crippen LogP contribution is -2.58. The SMILES string of the molecule is C[C@H]1[C@H]2C[C@H](C[C@H]1Nc1cnn(CC(=O)O)c(=O)c1Br)C2(C)C. The minimum Gasteiger partial charge on any atom is -0.480 e. The summed E-state index contributed by atoms with van der Waals surface area (Å²) in [6, 6.07) is 0.319. The fraction of sp³-hybridized carbons (Fsp3) is 0.688. The number of rotatable bonds is 4. The summed E-state index contributed by atoms with van der Waals surface area (Å²) in [5.41, 5.74) is 0.636. The number of hydrogen-bond acceptors (Lipinski definition) is 4. The van der Waals surface area contributed by atoms with Crippen LogP contribution in [-0.2, 0) is 11.3 Å². The number of carboxylic acids is 1. The molecule has 4 atom stereocenters. The van der Waals surface area contributed by atoms with E-state index in [1.165, 1.54) is 12.6 Å². The smallest absolute Gasteiger partial charge is 0.325 e. The molecule has 3 fully saturated rings. The molecular weight excluding hydrogens is 362 g/mol. The van der Waals surface area contributed by atoms with Crippen LogP contribution in [0.25, 0.3) is 0 Å². The maximum atomic E-state index is 12.2. The molecule has 1 aromatic rings. The molecule has 0 aliphatic heterocycles. The van der Waals surface area contributed by atoms with Crippen LogP contribution in [0.3, 0.4) is 0 Å². The highest BCUT2D eigenvalue weighted by Gasteiger charge is 2.56. The number of carbonyl (C=O) groups is 1. The Morgan fingerprint density at radius 1 is 1.52 bits per heavy atom. The van der Waals surface area contributed by atoms with Crippen LogP contribution in [0.4, 0.5) is 5.69 Å². The molecule has 0 amide bonds. The molecule has 23 heavy (non-hydrogen) atoms. The first-order chi connectivity index (χ1) is 10.7. The molecular formula is C16H22BrN3O3. The first-order valence-electron chi connectivity index (χ1n) is 7.95. The molecule has 3 saturated carbocycles. The monoisotopic (exact) mass is 383 g/mol. The van der Waals surface area contributed by atoms with Crippen LogP contribution in [0.15, 0.2) is 15.5 Å². The molecule has 126 valence electrons. The van der Waals surface area contributed by atoms with Gasteiger partial charge in [-0.3, -0.25) is 9.59 Å². The fourth-order valence-corrected chi connectivity index (χ4v) is 4.77. The van der Waals surface area contributed by atoms with E-state index in [-0.39, 0.29) is 0 Å². The molecule has 1 heterocycles. The maximum absolute atomic E-state index is 12.2. The number of anilines is 1. The lowest BCUT2D eigenvalue weighted by Gasteiger charge is -2.62. The summed E-state index contributed by atoms with van der Waals surface area (Å²) in [6.45, 7) is 6.54. The third kappa shape index (κ3) is 2.69. The summed E-state index contributed by atoms with van der Waals surface area (Å²) in [4.78, 5) is 22.9. The van der Waals surface area contributed by atoms with E-state index in [0.717, 1.165) is 17.0 Å². The van der Waals surface area contributed by atoms with E-state index in [1.54, 1.807) is 0 Å². The van der Waals surface area contributed by atoms with Gasteiger partial charge in [0.1, 0.15) is 11.0 Å². The summed E-state index contributed by atoms with van der Waals surface area (Å²) in [7, 11) is 0. The quantitative estimate of drug-likeness (QED) is 0.834. The van der Waals surface area contributed by atoms with Gasteiger partial charge in [0.25, 0.3) is 5.56 Å². The summed E-state index contributed by atoms with van der Waals surface area (Å²) in [5, 5.41) is 16.2. The van der Waals surface area contributed by atoms with E-state index in [9.17, 15) is 9.59 Å². The average Bonchev–Trinajstić information content (AvgIpc) is 2.47. The second-order valence-corrected chi connectivity index (χ2v) is 8.23. The Bertz CT molecular complexity index is 700. The third-order valence-electron chi connectivity index (χ3n) is 5.96. The largest absolute Gasteiger partial charge is 0.480 e. The van der Waals surface area contributed by atoms with Crippen LogP contribution in [0.1, 0.15) is 33.6 Å². The fourth-order valence-electron chi connectivity index (χ4n) is 4.35. The van der Waals surface area contributed by atoms with Gasteiger partial charge in [-0.05, 0) is 51.9 Å². The Hall–Kier alpha value is -1.37. The summed E-state index contributed by atoms with van der Waals surface area (Å²) in [6.07, 6.45) is 3.92. The molecule has 0 aromatic carbocycles. The number of halogens is 1. The van der Waals surface area contributed by atoms with Crippen molar-refractivity contribution in [2.75, 3.05) is 5.32 Å². The van der Waals surface area contributed by atoms with Crippen LogP contribution in [0, 0.1) is 23.2 Å². The van der Waals surface area contributed by atoms with Gasteiger partial charge < -0.3 is 10.4 Å². The Morgan fingerprint density at radius 3 is 2.78 bits per heavy atom. The predicted octanol–water partition coefficient (Wildman–Crippen LogP) is 2.57. The first kappa shape index (κ1) is 16.5. The zero-order valence-electron chi connectivity index (χ0n) is 13.5. The molecule has 1 aromatic heterocycles. The Balaban J connectivity index is 1.78. The number of carboxylic acid groups (broad SMARTS) is 1. The van der Waals surface area contributed by atoms with Crippen molar-refractivity contribution in [3.05, 3.63) is 21.0 Å². The average molecular weight is 384 g/mol. The molecule has 0 saturated heterocycles. The number of nitrogens with one attached hydrogen (secondary N) is 1. The third-order valence-corrected chi connectivity index (χ3v) is 6.73. The van der Waals surface area contributed by atoms with E-state index >= 15 is 0 Å². The second kappa shape index (κ2) is 5.61. The highest BCUT2D eigenvalue weighted by molar-refractivity contribution is 9.10. The van der Waals surface area contributed by atoms with E-state index in [4.69, 9.17) is 5.11 Å². The van der Waals surface area contributed by atoms with Crippen molar-refractivity contribution in [3.8, 4) is 0 Å². The number of fused-ring (bicyclic) bond motifs is 2. The van der Waals surface area contributed by atoms with Crippen molar-refractivity contribution in [2.24, 2.45) is 23.2 Å². The molecule has 0 radical (unpaired) electrons. The lowest BCUT2D eigenvalue weighted by atomic mass is 9.45. The van der Waals surface area contributed by atoms with Gasteiger partial charge in [0.15, 0.2) is 0 Å². The summed E-state index contributed by atoms with van der Waals surface area (Å²) < 4.78 is 1.29. The van der Waals surface area contributed by atoms with Crippen molar-refractivity contribution < 1.29 is 9.90 Å². The zero-order chi connectivity index (χ0) is 16.9. The highest BCUT2D eigenvalue weighted by Crippen LogP contribution is 2.61. The summed E-state index contributed by atoms with van der Waals surface area (Å²) in [5.74, 6) is 0.872. The van der Waals surface area contributed by atoms with E-state index in [0.29, 0.717) is 33.5 Å². The lowest BCUT2D eigenvalue weighted by molar-refractivity contribution is -0.138. The first-order valence-corrected chi connectivity index (χ1v) is 8.75. The van der Waals surface area contributed by atoms with Gasteiger partial charge >= 0.3 is 5.97 Å². The van der Waals surface area contributed by atoms with Gasteiger partial charge in [-0.2, -0.15) is 5.10 Å². The molecule has 3 aliphatic rings. The number of aromatic nitrogens is 2. The maximum Gasteiger partial charge on any atom is 0.325 e. The van der Waals surface area contributed by atoms with Crippen molar-refractivity contribution in [3.63, 3.8) is 0 Å². The highest BCUT2D eigenvalue weighted by atomic mass is 79.9. The minimum absolute atomic E-state index is 0.319. The molecule has 3 aliphatic carbocycles. The van der Waals surface area contributed by atoms with Crippen molar-refractivity contribution in [1.82, 2.24) is 9.78 Å². The van der Waals surface area contributed by atoms with Gasteiger partial charge in [0.05, 0.1) is 11.9 Å². The van der Waals surface area contributed by atoms with Gasteiger partial charge in [-0.1, -0.05) is 20.8 Å². The molecule has 0 unspecified atom stereocenters. The molecule has 2 N–H and O–H groups in total. The van der Waals surface area contributed by atoms with Crippen LogP contribution in [0.5, 0.6) is 0 Å². The number of aliphatic carboxylic acids is 1. The van der Waals surface area contributed by atoms with Crippen LogP contribution < -0.4 is 10.9 Å². The van der Waals surface area contributed by atoms with Gasteiger partial charge in [-0.25, -0.2) is 4.68 Å². The molecule has 6 nitrogen and oxygen atoms in total. The van der Waals surface area contributed by atoms with Gasteiger partial charge in [-0.15, -0.1) is 0 Å². The van der Waals surface area contributed by atoms with E-state index < -0.39 is 18.1 Å². The van der Waals surface area contributed by atoms with Crippen LogP contribution in [-0.4, -0.2) is 26.9 Å². The molecule has 4 rings (SSSR count). The Morgan fingerprint density at radius 2 is 2.22 bits per heavy atom. The van der Waals surface area contributed by atoms with Crippen molar-refractivity contribution >= 4 is 27.6 Å². The normalized spacial score (nSPS) is 31.3. The van der Waals surface area contributed by atoms with Gasteiger partial charge in [0.2, 0.25) is 0 Å². The van der Waals surface area contributed by atoms with Crippen molar-refractivity contribution in [1.29, 1.82) is 0 Å². The second-order valence-electron chi connectivity index (χ2n) is 7.43. The molecule has 2 bridgehead atoms. The Kier molecular flexibility index (Phi) is 4.02. The van der Waals surface area contributed by atoms with E-state index in [1.807, 2.05) is 0 Å². The predicted molar refractivity (Wildman–Crippen MR) is 90.4 cm³/mol. The molecule has 7 heteroatoms. The minimum atomic E-state index is -1.09. The molecule has 0 spiro atoms. The van der Waals surface area contributed by atoms with Crippen LogP contribution in [0.2, 0.25) is 0 Å². The summed E-state index contributed by atoms with van der Waals surface area (Å²) >= 11 is 3.29. The standard InChI is InChI=1S/C16H22BrN3O3/c1-8-10-4-9(16(10,2)3)5-11(8)19-12-6-18-20(7-13(21)22)15(23)14(12)17/h6,8-11,19H,4-5,7H2,1-3H3,(H,21,22)/t8-,9+,10+,11+/m0/s1. The Labute approximate surface area is 143 Å². The number of nitrogens with zero attached hydrogens (tertiary/aromatic N) is 2. The van der Waals surface area contributed by atoms with Crippen LogP contribution >= 0.6 is 15.9 Å². The topological polar surface area (TPSA) is 84.2 Å². The number of hydrogen-bond donors (Lipinski definition) is 2. The van der Waals surface area contributed by atoms with E-state index in [2.05, 4.69) is 47.1 Å². The van der Waals surface area contributed by atoms with Crippen molar-refractivity contribution in [2.45, 2.75) is 46.2 Å². The zero-order valence-corrected chi connectivity index (χ0v) is 15.1.